The molecule has 0 saturated carbocycles. The van der Waals surface area contributed by atoms with Gasteiger partial charge in [-0.15, -0.1) is 24.7 Å². The van der Waals surface area contributed by atoms with Crippen molar-refractivity contribution in [2.45, 2.75) is 31.0 Å². The number of hydrogen-bond acceptors (Lipinski definition) is 4. The average molecular weight is 618 g/mol. The normalized spacial score (nSPS) is 11.4. The van der Waals surface area contributed by atoms with E-state index in [9.17, 15) is 27.9 Å². The number of para-hydroxylation sites is 1. The van der Waals surface area contributed by atoms with E-state index in [4.69, 9.17) is 17.6 Å². The van der Waals surface area contributed by atoms with Gasteiger partial charge < -0.3 is 9.84 Å². The predicted molar refractivity (Wildman–Crippen MR) is 169 cm³/mol. The van der Waals surface area contributed by atoms with E-state index in [-0.39, 0.29) is 41.7 Å². The number of carboxylic acid groups (broad SMARTS) is 1. The molecule has 0 unspecified atom stereocenters. The van der Waals surface area contributed by atoms with Crippen molar-refractivity contribution in [3.05, 3.63) is 131 Å². The van der Waals surface area contributed by atoms with Crippen LogP contribution < -0.4 is 4.74 Å². The SMILES string of the molecule is C#CCC(CC#C)(C(=O)O)c1ccc(COc2cccc(-c3c(C(=O)c4ccccc4)cnc4c(C(F)(F)F)cccc34)c2)cc1. The van der Waals surface area contributed by atoms with Crippen LogP contribution in [0.5, 0.6) is 5.75 Å². The monoisotopic (exact) mass is 617 g/mol. The van der Waals surface area contributed by atoms with Gasteiger partial charge in [-0.25, -0.2) is 0 Å². The number of carbonyl (C=O) groups is 2. The molecule has 0 atom stereocenters. The van der Waals surface area contributed by atoms with E-state index in [1.807, 2.05) is 0 Å². The van der Waals surface area contributed by atoms with Crippen molar-refractivity contribution in [3.63, 3.8) is 0 Å². The molecule has 228 valence electrons. The van der Waals surface area contributed by atoms with Gasteiger partial charge in [0.1, 0.15) is 17.8 Å². The Labute approximate surface area is 263 Å². The van der Waals surface area contributed by atoms with Crippen LogP contribution in [0.1, 0.15) is 45.5 Å². The van der Waals surface area contributed by atoms with Gasteiger partial charge in [0.05, 0.1) is 11.1 Å². The van der Waals surface area contributed by atoms with E-state index in [2.05, 4.69) is 16.8 Å². The van der Waals surface area contributed by atoms with Crippen molar-refractivity contribution in [2.24, 2.45) is 0 Å². The van der Waals surface area contributed by atoms with Crippen LogP contribution in [-0.2, 0) is 23.0 Å². The Hall–Kier alpha value is -5.86. The second-order valence-corrected chi connectivity index (χ2v) is 10.6. The van der Waals surface area contributed by atoms with Crippen molar-refractivity contribution in [3.8, 4) is 41.6 Å². The van der Waals surface area contributed by atoms with Crippen LogP contribution in [0.2, 0.25) is 0 Å². The number of halogens is 3. The first-order valence-corrected chi connectivity index (χ1v) is 14.1. The molecule has 0 spiro atoms. The van der Waals surface area contributed by atoms with Gasteiger partial charge in [0, 0.05) is 41.1 Å². The summed E-state index contributed by atoms with van der Waals surface area (Å²) in [5, 5.41) is 10.1. The Balaban J connectivity index is 1.51. The minimum absolute atomic E-state index is 0.0713. The molecule has 4 aromatic carbocycles. The Morgan fingerprint density at radius 1 is 0.848 bits per heavy atom. The molecule has 0 bridgehead atoms. The van der Waals surface area contributed by atoms with E-state index >= 15 is 0 Å². The van der Waals surface area contributed by atoms with E-state index in [0.717, 1.165) is 11.6 Å². The summed E-state index contributed by atoms with van der Waals surface area (Å²) >= 11 is 0. The maximum atomic E-state index is 13.9. The lowest BCUT2D eigenvalue weighted by Gasteiger charge is -2.26. The summed E-state index contributed by atoms with van der Waals surface area (Å²) in [5.41, 5.74) is -0.119. The molecule has 0 aliphatic rings. The van der Waals surface area contributed by atoms with Gasteiger partial charge in [-0.1, -0.05) is 78.9 Å². The third-order valence-electron chi connectivity index (χ3n) is 7.74. The molecule has 1 heterocycles. The molecule has 5 rings (SSSR count). The highest BCUT2D eigenvalue weighted by Crippen LogP contribution is 2.40. The zero-order valence-electron chi connectivity index (χ0n) is 24.3. The number of nitrogens with zero attached hydrogens (tertiary/aromatic N) is 1. The van der Waals surface area contributed by atoms with Crippen LogP contribution in [-0.4, -0.2) is 21.8 Å². The number of rotatable bonds is 10. The Kier molecular flexibility index (Phi) is 8.93. The number of carboxylic acids is 1. The van der Waals surface area contributed by atoms with Crippen LogP contribution >= 0.6 is 0 Å². The molecule has 0 radical (unpaired) electrons. The highest BCUT2D eigenvalue weighted by Gasteiger charge is 2.39. The molecule has 46 heavy (non-hydrogen) atoms. The summed E-state index contributed by atoms with van der Waals surface area (Å²) in [6, 6.07) is 25.7. The molecule has 0 aliphatic carbocycles. The molecular weight excluding hydrogens is 591 g/mol. The lowest BCUT2D eigenvalue weighted by molar-refractivity contribution is -0.143. The number of fused-ring (bicyclic) bond motifs is 1. The lowest BCUT2D eigenvalue weighted by Crippen LogP contribution is -2.35. The topological polar surface area (TPSA) is 76.5 Å². The van der Waals surface area contributed by atoms with Gasteiger partial charge in [0.2, 0.25) is 0 Å². The summed E-state index contributed by atoms with van der Waals surface area (Å²) in [5.74, 6) is 3.73. The van der Waals surface area contributed by atoms with E-state index in [1.54, 1.807) is 78.9 Å². The second kappa shape index (κ2) is 13.0. The number of aliphatic carboxylic acids is 1. The Morgan fingerprint density at radius 3 is 2.15 bits per heavy atom. The van der Waals surface area contributed by atoms with Crippen LogP contribution in [0.4, 0.5) is 13.2 Å². The number of hydrogen-bond donors (Lipinski definition) is 1. The number of aromatic nitrogens is 1. The standard InChI is InChI=1S/C38H26F3NO4/c1-3-20-37(21-4-2,36(44)45)28-18-16-25(17-19-28)24-46-29-13-8-12-27(22-29)33-30-14-9-15-32(38(39,40)41)34(30)42-23-31(33)35(43)26-10-6-5-7-11-26/h1-2,5-19,22-23H,20-21,24H2,(H,44,45). The minimum Gasteiger partial charge on any atom is -0.489 e. The summed E-state index contributed by atoms with van der Waals surface area (Å²) in [7, 11) is 0. The van der Waals surface area contributed by atoms with Crippen molar-refractivity contribution < 1.29 is 32.6 Å². The molecule has 1 N–H and O–H groups in total. The first-order chi connectivity index (χ1) is 22.1. The molecule has 0 saturated heterocycles. The van der Waals surface area contributed by atoms with Crippen LogP contribution in [0.25, 0.3) is 22.0 Å². The van der Waals surface area contributed by atoms with Gasteiger partial charge in [0.25, 0.3) is 0 Å². The fourth-order valence-electron chi connectivity index (χ4n) is 5.40. The quantitative estimate of drug-likeness (QED) is 0.127. The predicted octanol–water partition coefficient (Wildman–Crippen LogP) is 8.10. The fraction of sp³-hybridized carbons (Fsp3) is 0.132. The van der Waals surface area contributed by atoms with Crippen LogP contribution in [0, 0.1) is 24.7 Å². The number of carbonyl (C=O) groups excluding carboxylic acids is 1. The lowest BCUT2D eigenvalue weighted by atomic mass is 9.75. The third-order valence-corrected chi connectivity index (χ3v) is 7.74. The zero-order chi connectivity index (χ0) is 32.9. The molecular formula is C38H26F3NO4. The van der Waals surface area contributed by atoms with Gasteiger partial charge in [-0.2, -0.15) is 13.2 Å². The maximum Gasteiger partial charge on any atom is 0.418 e. The Bertz CT molecular complexity index is 1990. The first-order valence-electron chi connectivity index (χ1n) is 14.1. The number of terminal acetylenes is 2. The summed E-state index contributed by atoms with van der Waals surface area (Å²) in [6.45, 7) is 0.0964. The van der Waals surface area contributed by atoms with Crippen molar-refractivity contribution in [1.82, 2.24) is 4.98 Å². The molecule has 0 fully saturated rings. The van der Waals surface area contributed by atoms with Gasteiger partial charge in [0.15, 0.2) is 5.78 Å². The van der Waals surface area contributed by atoms with Crippen molar-refractivity contribution in [1.29, 1.82) is 0 Å². The smallest absolute Gasteiger partial charge is 0.418 e. The van der Waals surface area contributed by atoms with E-state index in [1.165, 1.54) is 18.3 Å². The average Bonchev–Trinajstić information content (AvgIpc) is 3.06. The maximum absolute atomic E-state index is 13.9. The minimum atomic E-state index is -4.65. The molecule has 1 aromatic heterocycles. The van der Waals surface area contributed by atoms with E-state index < -0.39 is 23.1 Å². The highest BCUT2D eigenvalue weighted by atomic mass is 19.4. The molecule has 5 aromatic rings. The van der Waals surface area contributed by atoms with Crippen molar-refractivity contribution >= 4 is 22.7 Å². The Morgan fingerprint density at radius 2 is 1.52 bits per heavy atom. The second-order valence-electron chi connectivity index (χ2n) is 10.6. The first kappa shape index (κ1) is 31.6. The molecule has 0 aliphatic heterocycles. The summed E-state index contributed by atoms with van der Waals surface area (Å²) < 4.78 is 47.8. The zero-order valence-corrected chi connectivity index (χ0v) is 24.3. The van der Waals surface area contributed by atoms with Crippen LogP contribution in [0.15, 0.2) is 103 Å². The number of ether oxygens (including phenoxy) is 1. The van der Waals surface area contributed by atoms with Crippen molar-refractivity contribution in [2.75, 3.05) is 0 Å². The largest absolute Gasteiger partial charge is 0.489 e. The third kappa shape index (κ3) is 6.20. The van der Waals surface area contributed by atoms with Crippen LogP contribution in [0.3, 0.4) is 0 Å². The fourth-order valence-corrected chi connectivity index (χ4v) is 5.40. The number of ketones is 1. The van der Waals surface area contributed by atoms with Gasteiger partial charge in [-0.05, 0) is 34.9 Å². The molecule has 5 nitrogen and oxygen atoms in total. The van der Waals surface area contributed by atoms with Gasteiger partial charge >= 0.3 is 12.1 Å². The molecule has 0 amide bonds. The molecule has 8 heteroatoms. The number of benzene rings is 4. The van der Waals surface area contributed by atoms with E-state index in [0.29, 0.717) is 28.0 Å². The summed E-state index contributed by atoms with van der Waals surface area (Å²) in [6.07, 6.45) is 7.30. The summed E-state index contributed by atoms with van der Waals surface area (Å²) in [4.78, 5) is 29.9. The highest BCUT2D eigenvalue weighted by molar-refractivity contribution is 6.16. The van der Waals surface area contributed by atoms with Gasteiger partial charge in [-0.3, -0.25) is 14.6 Å². The number of alkyl halides is 3. The number of pyridine rings is 1.